The largest absolute Gasteiger partial charge is 0.388 e. The molecule has 1 aliphatic rings. The molecule has 168 valence electrons. The van der Waals surface area contributed by atoms with Crippen molar-refractivity contribution >= 4 is 34.6 Å². The average Bonchev–Trinajstić information content (AvgIpc) is 3.44. The van der Waals surface area contributed by atoms with Gasteiger partial charge in [0.05, 0.1) is 17.9 Å². The van der Waals surface area contributed by atoms with E-state index >= 15 is 0 Å². The molecular formula is C23H22Cl2N8. The summed E-state index contributed by atoms with van der Waals surface area (Å²) in [4.78, 5) is 7.70. The Bertz CT molecular complexity index is 1250. The first-order chi connectivity index (χ1) is 16.0. The zero-order chi connectivity index (χ0) is 23.2. The van der Waals surface area contributed by atoms with Crippen LogP contribution in [-0.4, -0.2) is 37.2 Å². The van der Waals surface area contributed by atoms with Crippen molar-refractivity contribution in [3.05, 3.63) is 94.8 Å². The molecule has 0 fully saturated rings. The summed E-state index contributed by atoms with van der Waals surface area (Å²) in [5, 5.41) is 18.8. The molecule has 0 spiro atoms. The van der Waals surface area contributed by atoms with Crippen LogP contribution in [0.25, 0.3) is 17.0 Å². The molecule has 4 rings (SSSR count). The van der Waals surface area contributed by atoms with E-state index in [4.69, 9.17) is 23.2 Å². The summed E-state index contributed by atoms with van der Waals surface area (Å²) in [6.45, 7) is 4.52. The first-order valence-electron chi connectivity index (χ1n) is 10.2. The fraction of sp³-hybridized carbons (Fsp3) is 0.130. The lowest BCUT2D eigenvalue weighted by molar-refractivity contribution is 0.787. The van der Waals surface area contributed by atoms with Crippen LogP contribution in [-0.2, 0) is 6.54 Å². The van der Waals surface area contributed by atoms with E-state index in [2.05, 4.69) is 42.7 Å². The van der Waals surface area contributed by atoms with Crippen LogP contribution >= 0.6 is 23.2 Å². The summed E-state index contributed by atoms with van der Waals surface area (Å²) < 4.78 is 1.60. The van der Waals surface area contributed by atoms with Gasteiger partial charge in [0, 0.05) is 29.0 Å². The van der Waals surface area contributed by atoms with E-state index in [0.717, 1.165) is 28.2 Å². The number of nitrogens with zero attached hydrogens (tertiary/aromatic N) is 5. The van der Waals surface area contributed by atoms with Gasteiger partial charge >= 0.3 is 0 Å². The number of anilines is 1. The number of rotatable bonds is 8. The topological polar surface area (TPSA) is 96.3 Å². The van der Waals surface area contributed by atoms with Gasteiger partial charge in [-0.25, -0.2) is 9.67 Å². The van der Waals surface area contributed by atoms with Crippen LogP contribution in [0.5, 0.6) is 0 Å². The Morgan fingerprint density at radius 1 is 1.24 bits per heavy atom. The second-order valence-corrected chi connectivity index (χ2v) is 7.97. The maximum absolute atomic E-state index is 6.35. The van der Waals surface area contributed by atoms with Gasteiger partial charge in [-0.3, -0.25) is 0 Å². The highest BCUT2D eigenvalue weighted by Crippen LogP contribution is 2.27. The lowest BCUT2D eigenvalue weighted by atomic mass is 10.1. The van der Waals surface area contributed by atoms with Gasteiger partial charge in [-0.2, -0.15) is 0 Å². The molecule has 0 saturated carbocycles. The van der Waals surface area contributed by atoms with Crippen LogP contribution in [0.4, 0.5) is 5.69 Å². The maximum Gasteiger partial charge on any atom is 0.155 e. The molecular weight excluding hydrogens is 459 g/mol. The molecule has 1 aromatic carbocycles. The van der Waals surface area contributed by atoms with Crippen LogP contribution in [0.3, 0.4) is 0 Å². The molecule has 10 heteroatoms. The quantitative estimate of drug-likeness (QED) is 0.396. The van der Waals surface area contributed by atoms with Gasteiger partial charge in [0.15, 0.2) is 5.15 Å². The predicted molar refractivity (Wildman–Crippen MR) is 132 cm³/mol. The molecule has 0 amide bonds. The summed E-state index contributed by atoms with van der Waals surface area (Å²) in [6, 6.07) is 7.95. The van der Waals surface area contributed by atoms with Crippen LogP contribution in [0.2, 0.25) is 5.15 Å². The first kappa shape index (κ1) is 22.6. The Balaban J connectivity index is 1.43. The minimum Gasteiger partial charge on any atom is -0.388 e. The highest BCUT2D eigenvalue weighted by molar-refractivity contribution is 6.32. The van der Waals surface area contributed by atoms with Gasteiger partial charge in [-0.15, -0.1) is 5.10 Å². The Labute approximate surface area is 201 Å². The Kier molecular flexibility index (Phi) is 7.07. The highest BCUT2D eigenvalue weighted by Gasteiger charge is 2.11. The van der Waals surface area contributed by atoms with E-state index in [-0.39, 0.29) is 0 Å². The van der Waals surface area contributed by atoms with E-state index in [1.165, 1.54) is 0 Å². The molecule has 0 saturated heterocycles. The van der Waals surface area contributed by atoms with E-state index in [0.29, 0.717) is 34.7 Å². The zero-order valence-electron chi connectivity index (χ0n) is 17.9. The Hall–Kier alpha value is -3.62. The summed E-state index contributed by atoms with van der Waals surface area (Å²) in [5.41, 5.74) is 5.32. The molecule has 3 N–H and O–H groups in total. The number of tetrazole rings is 1. The smallest absolute Gasteiger partial charge is 0.155 e. The predicted octanol–water partition coefficient (Wildman–Crippen LogP) is 4.91. The third kappa shape index (κ3) is 5.60. The fourth-order valence-corrected chi connectivity index (χ4v) is 3.63. The zero-order valence-corrected chi connectivity index (χ0v) is 19.4. The summed E-state index contributed by atoms with van der Waals surface area (Å²) >= 11 is 12.5. The van der Waals surface area contributed by atoms with E-state index in [1.54, 1.807) is 11.0 Å². The molecule has 0 radical (unpaired) electrons. The number of hydrogen-bond acceptors (Lipinski definition) is 6. The maximum atomic E-state index is 6.35. The minimum atomic E-state index is 0.426. The second kappa shape index (κ2) is 10.3. The third-order valence-corrected chi connectivity index (χ3v) is 5.54. The number of aromatic nitrogens is 6. The van der Waals surface area contributed by atoms with E-state index in [1.807, 2.05) is 61.7 Å². The monoisotopic (exact) mass is 480 g/mol. The number of halogens is 2. The number of hydrogen-bond donors (Lipinski definition) is 3. The molecule has 0 unspecified atom stereocenters. The van der Waals surface area contributed by atoms with Crippen molar-refractivity contribution < 1.29 is 0 Å². The molecule has 0 aliphatic heterocycles. The van der Waals surface area contributed by atoms with Crippen LogP contribution in [0, 0.1) is 0 Å². The lowest BCUT2D eigenvalue weighted by Gasteiger charge is -2.07. The number of aromatic amines is 1. The summed E-state index contributed by atoms with van der Waals surface area (Å²) in [5.74, 6) is 0.711. The normalized spacial score (nSPS) is 13.8. The Morgan fingerprint density at radius 2 is 2.06 bits per heavy atom. The molecule has 2 heterocycles. The molecule has 2 aromatic heterocycles. The van der Waals surface area contributed by atoms with Gasteiger partial charge in [-0.1, -0.05) is 54.1 Å². The number of benzene rings is 1. The average molecular weight is 481 g/mol. The fourth-order valence-electron chi connectivity index (χ4n) is 3.23. The van der Waals surface area contributed by atoms with Crippen molar-refractivity contribution in [2.75, 3.05) is 12.4 Å². The highest BCUT2D eigenvalue weighted by atomic mass is 35.5. The van der Waals surface area contributed by atoms with Crippen LogP contribution in [0.15, 0.2) is 83.9 Å². The van der Waals surface area contributed by atoms with Gasteiger partial charge in [-0.05, 0) is 52.8 Å². The summed E-state index contributed by atoms with van der Waals surface area (Å²) in [7, 11) is 1.88. The van der Waals surface area contributed by atoms with Crippen molar-refractivity contribution in [1.82, 2.24) is 35.5 Å². The lowest BCUT2D eigenvalue weighted by Crippen LogP contribution is -2.11. The first-order valence-corrected chi connectivity index (χ1v) is 10.9. The van der Waals surface area contributed by atoms with Gasteiger partial charge in [0.25, 0.3) is 0 Å². The molecule has 0 atom stereocenters. The SMILES string of the molecule is C=C(/C=C/C1=C(n2cnnn2)C=CC(Cl)=CC1)NCc1nc(Cl)c(-c2ccc(NC)cc2)[nH]1. The minimum absolute atomic E-state index is 0.426. The summed E-state index contributed by atoms with van der Waals surface area (Å²) in [6.07, 6.45) is 11.7. The molecule has 1 aliphatic carbocycles. The molecule has 0 bridgehead atoms. The molecule has 8 nitrogen and oxygen atoms in total. The van der Waals surface area contributed by atoms with E-state index < -0.39 is 0 Å². The number of nitrogens with one attached hydrogen (secondary N) is 3. The third-order valence-electron chi connectivity index (χ3n) is 4.98. The van der Waals surface area contributed by atoms with Gasteiger partial charge in [0.2, 0.25) is 0 Å². The van der Waals surface area contributed by atoms with Crippen LogP contribution in [0.1, 0.15) is 12.2 Å². The number of allylic oxidation sites excluding steroid dienone is 8. The number of imidazole rings is 1. The number of H-pyrrole nitrogens is 1. The van der Waals surface area contributed by atoms with Gasteiger partial charge < -0.3 is 15.6 Å². The van der Waals surface area contributed by atoms with Crippen molar-refractivity contribution in [3.63, 3.8) is 0 Å². The van der Waals surface area contributed by atoms with Crippen molar-refractivity contribution in [1.29, 1.82) is 0 Å². The van der Waals surface area contributed by atoms with Crippen molar-refractivity contribution in [2.45, 2.75) is 13.0 Å². The standard InChI is InChI=1S/C23H22Cl2N8/c1-15(3-4-16-5-8-18(24)9-12-20(16)33-14-28-31-32-33)27-13-21-29-22(23(25)30-21)17-6-10-19(26-2)11-7-17/h3-4,6-12,14,26-27H,1,5,13H2,2H3,(H,29,30)/b4-3+. The molecule has 3 aromatic rings. The second-order valence-electron chi connectivity index (χ2n) is 7.18. The van der Waals surface area contributed by atoms with E-state index in [9.17, 15) is 0 Å². The van der Waals surface area contributed by atoms with Gasteiger partial charge in [0.1, 0.15) is 12.2 Å². The van der Waals surface area contributed by atoms with Crippen LogP contribution < -0.4 is 10.6 Å². The van der Waals surface area contributed by atoms with Crippen molar-refractivity contribution in [3.8, 4) is 11.3 Å². The molecule has 33 heavy (non-hydrogen) atoms. The van der Waals surface area contributed by atoms with Crippen molar-refractivity contribution in [2.24, 2.45) is 0 Å². The Morgan fingerprint density at radius 3 is 2.79 bits per heavy atom.